The minimum absolute atomic E-state index is 0.294. The standard InChI is InChI=1S/C15H16F3NO/c1-11(14-8-5-9-20-14)19-13(10-15(16,17)18)12-6-3-2-4-7-12/h2-9,11,13,19H,10H2,1H3. The van der Waals surface area contributed by atoms with E-state index in [2.05, 4.69) is 5.32 Å². The maximum atomic E-state index is 12.7. The SMILES string of the molecule is CC(NC(CC(F)(F)F)c1ccccc1)c1ccco1. The summed E-state index contributed by atoms with van der Waals surface area (Å²) in [6, 6.07) is 11.0. The summed E-state index contributed by atoms with van der Waals surface area (Å²) in [5.41, 5.74) is 0.614. The molecule has 1 aromatic carbocycles. The molecule has 2 unspecified atom stereocenters. The highest BCUT2D eigenvalue weighted by Gasteiger charge is 2.33. The van der Waals surface area contributed by atoms with Gasteiger partial charge in [0.25, 0.3) is 0 Å². The first-order valence-electron chi connectivity index (χ1n) is 6.37. The fourth-order valence-corrected chi connectivity index (χ4v) is 2.11. The van der Waals surface area contributed by atoms with Crippen molar-refractivity contribution >= 4 is 0 Å². The van der Waals surface area contributed by atoms with Gasteiger partial charge in [-0.1, -0.05) is 30.3 Å². The monoisotopic (exact) mass is 283 g/mol. The molecule has 1 N–H and O–H groups in total. The normalized spacial score (nSPS) is 15.0. The highest BCUT2D eigenvalue weighted by atomic mass is 19.4. The molecule has 0 bridgehead atoms. The summed E-state index contributed by atoms with van der Waals surface area (Å²) >= 11 is 0. The van der Waals surface area contributed by atoms with Gasteiger partial charge in [-0.15, -0.1) is 0 Å². The molecule has 2 aromatic rings. The molecule has 20 heavy (non-hydrogen) atoms. The fraction of sp³-hybridized carbons (Fsp3) is 0.333. The van der Waals surface area contributed by atoms with E-state index in [0.29, 0.717) is 11.3 Å². The molecule has 0 aliphatic rings. The highest BCUT2D eigenvalue weighted by molar-refractivity contribution is 5.20. The van der Waals surface area contributed by atoms with Gasteiger partial charge in [-0.3, -0.25) is 0 Å². The van der Waals surface area contributed by atoms with Crippen LogP contribution in [0.4, 0.5) is 13.2 Å². The van der Waals surface area contributed by atoms with Gasteiger partial charge in [0.15, 0.2) is 0 Å². The molecule has 2 atom stereocenters. The van der Waals surface area contributed by atoms with Gasteiger partial charge >= 0.3 is 6.18 Å². The molecule has 2 rings (SSSR count). The van der Waals surface area contributed by atoms with E-state index in [1.807, 2.05) is 0 Å². The third kappa shape index (κ3) is 4.13. The summed E-state index contributed by atoms with van der Waals surface area (Å²) in [7, 11) is 0. The molecule has 0 saturated carbocycles. The van der Waals surface area contributed by atoms with Crippen LogP contribution < -0.4 is 5.32 Å². The lowest BCUT2D eigenvalue weighted by atomic mass is 10.0. The van der Waals surface area contributed by atoms with Crippen molar-refractivity contribution in [3.05, 3.63) is 60.1 Å². The van der Waals surface area contributed by atoms with Crippen molar-refractivity contribution < 1.29 is 17.6 Å². The smallest absolute Gasteiger partial charge is 0.390 e. The Labute approximate surface area is 115 Å². The van der Waals surface area contributed by atoms with Crippen molar-refractivity contribution in [2.75, 3.05) is 0 Å². The second-order valence-electron chi connectivity index (χ2n) is 4.69. The Bertz CT molecular complexity index is 508. The summed E-state index contributed by atoms with van der Waals surface area (Å²) in [4.78, 5) is 0. The van der Waals surface area contributed by atoms with Gasteiger partial charge in [0.1, 0.15) is 5.76 Å². The Kier molecular flexibility index (Phi) is 4.49. The fourth-order valence-electron chi connectivity index (χ4n) is 2.11. The molecule has 1 aromatic heterocycles. The average Bonchev–Trinajstić information content (AvgIpc) is 2.91. The first kappa shape index (κ1) is 14.7. The van der Waals surface area contributed by atoms with Crippen LogP contribution >= 0.6 is 0 Å². The third-order valence-corrected chi connectivity index (χ3v) is 3.06. The Hall–Kier alpha value is -1.75. The molecule has 1 heterocycles. The maximum absolute atomic E-state index is 12.7. The molecule has 0 fully saturated rings. The molecule has 108 valence electrons. The quantitative estimate of drug-likeness (QED) is 0.865. The minimum atomic E-state index is -4.23. The Balaban J connectivity index is 2.15. The first-order chi connectivity index (χ1) is 9.46. The Morgan fingerprint density at radius 2 is 1.80 bits per heavy atom. The van der Waals surface area contributed by atoms with Crippen molar-refractivity contribution in [2.45, 2.75) is 31.6 Å². The largest absolute Gasteiger partial charge is 0.468 e. The zero-order valence-electron chi connectivity index (χ0n) is 11.0. The summed E-state index contributed by atoms with van der Waals surface area (Å²) in [5, 5.41) is 2.98. The summed E-state index contributed by atoms with van der Waals surface area (Å²) in [6.07, 6.45) is -3.63. The van der Waals surface area contributed by atoms with Crippen molar-refractivity contribution in [1.82, 2.24) is 5.32 Å². The number of alkyl halides is 3. The molecule has 0 amide bonds. The maximum Gasteiger partial charge on any atom is 0.390 e. The average molecular weight is 283 g/mol. The van der Waals surface area contributed by atoms with E-state index in [9.17, 15) is 13.2 Å². The van der Waals surface area contributed by atoms with E-state index in [0.717, 1.165) is 0 Å². The zero-order valence-corrected chi connectivity index (χ0v) is 11.0. The number of halogens is 3. The van der Waals surface area contributed by atoms with Crippen LogP contribution in [0.2, 0.25) is 0 Å². The lowest BCUT2D eigenvalue weighted by molar-refractivity contribution is -0.141. The summed E-state index contributed by atoms with van der Waals surface area (Å²) in [5.74, 6) is 0.619. The van der Waals surface area contributed by atoms with Gasteiger partial charge in [0.05, 0.1) is 18.7 Å². The van der Waals surface area contributed by atoms with Crippen molar-refractivity contribution in [1.29, 1.82) is 0 Å². The molecule has 0 aliphatic heterocycles. The van der Waals surface area contributed by atoms with Gasteiger partial charge in [0, 0.05) is 6.04 Å². The van der Waals surface area contributed by atoms with Crippen LogP contribution in [-0.2, 0) is 0 Å². The number of hydrogen-bond donors (Lipinski definition) is 1. The van der Waals surface area contributed by atoms with E-state index in [4.69, 9.17) is 4.42 Å². The molecule has 0 saturated heterocycles. The van der Waals surface area contributed by atoms with Crippen LogP contribution in [0.1, 0.15) is 36.8 Å². The van der Waals surface area contributed by atoms with E-state index >= 15 is 0 Å². The Morgan fingerprint density at radius 3 is 2.35 bits per heavy atom. The van der Waals surface area contributed by atoms with Gasteiger partial charge in [0.2, 0.25) is 0 Å². The molecule has 0 spiro atoms. The second kappa shape index (κ2) is 6.13. The second-order valence-corrected chi connectivity index (χ2v) is 4.69. The molecule has 0 radical (unpaired) electrons. The first-order valence-corrected chi connectivity index (χ1v) is 6.37. The highest BCUT2D eigenvalue weighted by Crippen LogP contribution is 2.31. The molecular weight excluding hydrogens is 267 g/mol. The minimum Gasteiger partial charge on any atom is -0.468 e. The number of nitrogens with one attached hydrogen (secondary N) is 1. The van der Waals surface area contributed by atoms with Crippen LogP contribution in [0, 0.1) is 0 Å². The molecular formula is C15H16F3NO. The number of benzene rings is 1. The molecule has 0 aliphatic carbocycles. The predicted octanol–water partition coefficient (Wildman–Crippen LogP) is 4.62. The van der Waals surface area contributed by atoms with Crippen molar-refractivity contribution in [2.24, 2.45) is 0 Å². The van der Waals surface area contributed by atoms with Gasteiger partial charge in [-0.2, -0.15) is 13.2 Å². The zero-order chi connectivity index (χ0) is 14.6. The summed E-state index contributed by atoms with van der Waals surface area (Å²) in [6.45, 7) is 1.78. The van der Waals surface area contributed by atoms with Crippen LogP contribution in [-0.4, -0.2) is 6.18 Å². The van der Waals surface area contributed by atoms with Crippen molar-refractivity contribution in [3.63, 3.8) is 0 Å². The van der Waals surface area contributed by atoms with E-state index in [1.54, 1.807) is 49.4 Å². The van der Waals surface area contributed by atoms with E-state index in [1.165, 1.54) is 6.26 Å². The van der Waals surface area contributed by atoms with Gasteiger partial charge in [-0.05, 0) is 24.6 Å². The van der Waals surface area contributed by atoms with Gasteiger partial charge in [-0.25, -0.2) is 0 Å². The lowest BCUT2D eigenvalue weighted by Gasteiger charge is -2.24. The van der Waals surface area contributed by atoms with Crippen LogP contribution in [0.3, 0.4) is 0 Å². The number of furan rings is 1. The molecule has 2 nitrogen and oxygen atoms in total. The lowest BCUT2D eigenvalue weighted by Crippen LogP contribution is -2.28. The molecule has 5 heteroatoms. The topological polar surface area (TPSA) is 25.2 Å². The van der Waals surface area contributed by atoms with Crippen molar-refractivity contribution in [3.8, 4) is 0 Å². The van der Waals surface area contributed by atoms with E-state index in [-0.39, 0.29) is 6.04 Å². The number of hydrogen-bond acceptors (Lipinski definition) is 2. The van der Waals surface area contributed by atoms with E-state index < -0.39 is 18.6 Å². The predicted molar refractivity (Wildman–Crippen MR) is 70.1 cm³/mol. The van der Waals surface area contributed by atoms with Gasteiger partial charge < -0.3 is 9.73 Å². The van der Waals surface area contributed by atoms with Crippen LogP contribution in [0.5, 0.6) is 0 Å². The summed E-state index contributed by atoms with van der Waals surface area (Å²) < 4.78 is 43.4. The Morgan fingerprint density at radius 1 is 1.10 bits per heavy atom. The number of rotatable bonds is 5. The third-order valence-electron chi connectivity index (χ3n) is 3.06. The van der Waals surface area contributed by atoms with Crippen LogP contribution in [0.15, 0.2) is 53.1 Å². The van der Waals surface area contributed by atoms with Crippen LogP contribution in [0.25, 0.3) is 0 Å².